The second kappa shape index (κ2) is 11.8. The first-order valence-electron chi connectivity index (χ1n) is 9.80. The SMILES string of the molecule is CCNC(=NCC1CCN(C)C1)NC(C)c1ccc(CC(C)C)cc1.I. The van der Waals surface area contributed by atoms with Crippen LogP contribution in [0, 0.1) is 11.8 Å². The zero-order chi connectivity index (χ0) is 18.2. The lowest BCUT2D eigenvalue weighted by molar-refractivity contribution is 0.397. The van der Waals surface area contributed by atoms with Gasteiger partial charge in [-0.2, -0.15) is 0 Å². The number of hydrogen-bond acceptors (Lipinski definition) is 2. The van der Waals surface area contributed by atoms with Gasteiger partial charge in [0.15, 0.2) is 5.96 Å². The lowest BCUT2D eigenvalue weighted by atomic mass is 10.00. The maximum Gasteiger partial charge on any atom is 0.191 e. The Balaban J connectivity index is 0.00000338. The largest absolute Gasteiger partial charge is 0.357 e. The normalized spacial score (nSPS) is 19.3. The third-order valence-electron chi connectivity index (χ3n) is 4.82. The number of nitrogens with one attached hydrogen (secondary N) is 2. The van der Waals surface area contributed by atoms with Crippen molar-refractivity contribution in [3.8, 4) is 0 Å². The van der Waals surface area contributed by atoms with Crippen molar-refractivity contribution in [1.82, 2.24) is 15.5 Å². The summed E-state index contributed by atoms with van der Waals surface area (Å²) in [6.07, 6.45) is 2.40. The molecule has 1 fully saturated rings. The Morgan fingerprint density at radius 3 is 2.46 bits per heavy atom. The van der Waals surface area contributed by atoms with Crippen LogP contribution in [0.25, 0.3) is 0 Å². The molecule has 0 bridgehead atoms. The smallest absolute Gasteiger partial charge is 0.191 e. The number of nitrogens with zero attached hydrogens (tertiary/aromatic N) is 2. The Kier molecular flexibility index (Phi) is 10.5. The summed E-state index contributed by atoms with van der Waals surface area (Å²) >= 11 is 0. The molecule has 5 heteroatoms. The standard InChI is InChI=1S/C21H36N4.HI/c1-6-22-21(23-14-19-11-12-25(5)15-19)24-17(4)20-9-7-18(8-10-20)13-16(2)3;/h7-10,16-17,19H,6,11-15H2,1-5H3,(H2,22,23,24);1H. The summed E-state index contributed by atoms with van der Waals surface area (Å²) in [6, 6.07) is 9.24. The molecular formula is C21H37IN4. The maximum atomic E-state index is 4.82. The molecule has 0 saturated carbocycles. The van der Waals surface area contributed by atoms with Gasteiger partial charge in [0.25, 0.3) is 0 Å². The summed E-state index contributed by atoms with van der Waals surface area (Å²) in [5.74, 6) is 2.31. The molecule has 1 aromatic rings. The molecule has 2 unspecified atom stereocenters. The Morgan fingerprint density at radius 2 is 1.92 bits per heavy atom. The van der Waals surface area contributed by atoms with Gasteiger partial charge in [0.05, 0.1) is 6.04 Å². The van der Waals surface area contributed by atoms with Crippen molar-refractivity contribution >= 4 is 29.9 Å². The van der Waals surface area contributed by atoms with Gasteiger partial charge in [0, 0.05) is 19.6 Å². The minimum absolute atomic E-state index is 0. The fourth-order valence-corrected chi connectivity index (χ4v) is 3.42. The van der Waals surface area contributed by atoms with Crippen LogP contribution in [0.3, 0.4) is 0 Å². The van der Waals surface area contributed by atoms with Gasteiger partial charge in [-0.15, -0.1) is 24.0 Å². The van der Waals surface area contributed by atoms with Crippen LogP contribution in [0.1, 0.15) is 51.3 Å². The van der Waals surface area contributed by atoms with Gasteiger partial charge in [-0.05, 0) is 63.2 Å². The predicted octanol–water partition coefficient (Wildman–Crippen LogP) is 4.07. The first kappa shape index (κ1) is 23.2. The average molecular weight is 472 g/mol. The summed E-state index contributed by atoms with van der Waals surface area (Å²) in [7, 11) is 2.19. The van der Waals surface area contributed by atoms with Gasteiger partial charge in [0.1, 0.15) is 0 Å². The van der Waals surface area contributed by atoms with Gasteiger partial charge >= 0.3 is 0 Å². The summed E-state index contributed by atoms with van der Waals surface area (Å²) in [6.45, 7) is 13.0. The van der Waals surface area contributed by atoms with Gasteiger partial charge in [-0.3, -0.25) is 4.99 Å². The van der Waals surface area contributed by atoms with Crippen molar-refractivity contribution in [1.29, 1.82) is 0 Å². The van der Waals surface area contributed by atoms with Crippen molar-refractivity contribution in [2.24, 2.45) is 16.8 Å². The number of aliphatic imine (C=N–C) groups is 1. The van der Waals surface area contributed by atoms with E-state index in [0.717, 1.165) is 32.0 Å². The molecule has 0 radical (unpaired) electrons. The van der Waals surface area contributed by atoms with E-state index in [4.69, 9.17) is 4.99 Å². The van der Waals surface area contributed by atoms with E-state index in [-0.39, 0.29) is 30.0 Å². The second-order valence-corrected chi connectivity index (χ2v) is 7.84. The molecule has 4 nitrogen and oxygen atoms in total. The lowest BCUT2D eigenvalue weighted by Crippen LogP contribution is -2.39. The molecule has 1 aliphatic heterocycles. The van der Waals surface area contributed by atoms with Gasteiger partial charge in [0.2, 0.25) is 0 Å². The van der Waals surface area contributed by atoms with Crippen LogP contribution in [0.15, 0.2) is 29.3 Å². The van der Waals surface area contributed by atoms with E-state index in [1.165, 1.54) is 24.1 Å². The quantitative estimate of drug-likeness (QED) is 0.357. The maximum absolute atomic E-state index is 4.82. The Morgan fingerprint density at radius 1 is 1.23 bits per heavy atom. The monoisotopic (exact) mass is 472 g/mol. The molecule has 148 valence electrons. The van der Waals surface area contributed by atoms with Crippen LogP contribution < -0.4 is 10.6 Å². The molecule has 0 amide bonds. The molecular weight excluding hydrogens is 435 g/mol. The molecule has 2 rings (SSSR count). The summed E-state index contributed by atoms with van der Waals surface area (Å²) in [5, 5.41) is 6.94. The van der Waals surface area contributed by atoms with Crippen molar-refractivity contribution in [3.05, 3.63) is 35.4 Å². The highest BCUT2D eigenvalue weighted by Crippen LogP contribution is 2.16. The molecule has 2 atom stereocenters. The summed E-state index contributed by atoms with van der Waals surface area (Å²) in [4.78, 5) is 7.21. The highest BCUT2D eigenvalue weighted by atomic mass is 127. The van der Waals surface area contributed by atoms with E-state index in [1.54, 1.807) is 0 Å². The second-order valence-electron chi connectivity index (χ2n) is 7.84. The zero-order valence-electron chi connectivity index (χ0n) is 17.1. The highest BCUT2D eigenvalue weighted by molar-refractivity contribution is 14.0. The Bertz CT molecular complexity index is 541. The first-order valence-corrected chi connectivity index (χ1v) is 9.80. The molecule has 0 spiro atoms. The molecule has 1 heterocycles. The van der Waals surface area contributed by atoms with Crippen LogP contribution in [0.2, 0.25) is 0 Å². The fourth-order valence-electron chi connectivity index (χ4n) is 3.42. The van der Waals surface area contributed by atoms with Crippen molar-refractivity contribution < 1.29 is 0 Å². The topological polar surface area (TPSA) is 39.7 Å². The molecule has 0 aromatic heterocycles. The predicted molar refractivity (Wildman–Crippen MR) is 124 cm³/mol. The van der Waals surface area contributed by atoms with E-state index in [9.17, 15) is 0 Å². The number of halogens is 1. The molecule has 1 aliphatic rings. The van der Waals surface area contributed by atoms with E-state index in [1.807, 2.05) is 0 Å². The van der Waals surface area contributed by atoms with Crippen molar-refractivity contribution in [2.75, 3.05) is 33.2 Å². The minimum atomic E-state index is 0. The molecule has 0 aliphatic carbocycles. The first-order chi connectivity index (χ1) is 12.0. The number of benzene rings is 1. The van der Waals surface area contributed by atoms with E-state index in [2.05, 4.69) is 74.5 Å². The molecule has 1 aromatic carbocycles. The molecule has 26 heavy (non-hydrogen) atoms. The van der Waals surface area contributed by atoms with Gasteiger partial charge in [-0.1, -0.05) is 38.1 Å². The van der Waals surface area contributed by atoms with Crippen molar-refractivity contribution in [2.45, 2.75) is 46.6 Å². The van der Waals surface area contributed by atoms with Gasteiger partial charge in [-0.25, -0.2) is 0 Å². The molecule has 1 saturated heterocycles. The molecule has 2 N–H and O–H groups in total. The minimum Gasteiger partial charge on any atom is -0.357 e. The number of rotatable bonds is 7. The summed E-state index contributed by atoms with van der Waals surface area (Å²) in [5.41, 5.74) is 2.72. The number of hydrogen-bond donors (Lipinski definition) is 2. The van der Waals surface area contributed by atoms with Crippen LogP contribution in [-0.4, -0.2) is 44.1 Å². The Labute approximate surface area is 177 Å². The summed E-state index contributed by atoms with van der Waals surface area (Å²) < 4.78 is 0. The third-order valence-corrected chi connectivity index (χ3v) is 4.82. The van der Waals surface area contributed by atoms with E-state index < -0.39 is 0 Å². The zero-order valence-corrected chi connectivity index (χ0v) is 19.4. The number of guanidine groups is 1. The van der Waals surface area contributed by atoms with Crippen LogP contribution >= 0.6 is 24.0 Å². The van der Waals surface area contributed by atoms with E-state index in [0.29, 0.717) is 11.8 Å². The van der Waals surface area contributed by atoms with Crippen LogP contribution in [0.5, 0.6) is 0 Å². The average Bonchev–Trinajstić information content (AvgIpc) is 2.98. The van der Waals surface area contributed by atoms with Gasteiger partial charge < -0.3 is 15.5 Å². The van der Waals surface area contributed by atoms with Crippen LogP contribution in [0.4, 0.5) is 0 Å². The van der Waals surface area contributed by atoms with E-state index >= 15 is 0 Å². The Hall–Kier alpha value is -0.820. The highest BCUT2D eigenvalue weighted by Gasteiger charge is 2.19. The van der Waals surface area contributed by atoms with Crippen LogP contribution in [-0.2, 0) is 6.42 Å². The van der Waals surface area contributed by atoms with Crippen molar-refractivity contribution in [3.63, 3.8) is 0 Å². The number of likely N-dealkylation sites (tertiary alicyclic amines) is 1. The third kappa shape index (κ3) is 7.82. The fraction of sp³-hybridized carbons (Fsp3) is 0.667. The lowest BCUT2D eigenvalue weighted by Gasteiger charge is -2.19.